The zero-order valence-corrected chi connectivity index (χ0v) is 13.1. The highest BCUT2D eigenvalue weighted by Gasteiger charge is 2.11. The lowest BCUT2D eigenvalue weighted by molar-refractivity contribution is 0.102. The van der Waals surface area contributed by atoms with Crippen LogP contribution in [0.15, 0.2) is 54.9 Å². The zero-order chi connectivity index (χ0) is 15.4. The number of hydrogen-bond acceptors (Lipinski definition) is 4. The number of rotatable bonds is 4. The van der Waals surface area contributed by atoms with Crippen molar-refractivity contribution in [2.24, 2.45) is 0 Å². The Bertz CT molecular complexity index is 789. The summed E-state index contributed by atoms with van der Waals surface area (Å²) < 4.78 is 0. The van der Waals surface area contributed by atoms with E-state index in [1.807, 2.05) is 18.2 Å². The molecule has 0 spiro atoms. The molecule has 1 N–H and O–H groups in total. The third-order valence-electron chi connectivity index (χ3n) is 2.95. The maximum atomic E-state index is 12.1. The summed E-state index contributed by atoms with van der Waals surface area (Å²) in [6.45, 7) is 0. The van der Waals surface area contributed by atoms with Crippen LogP contribution in [0.25, 0.3) is 0 Å². The van der Waals surface area contributed by atoms with Gasteiger partial charge in [0, 0.05) is 28.7 Å². The molecule has 2 aromatic heterocycles. The maximum Gasteiger partial charge on any atom is 0.276 e. The normalized spacial score (nSPS) is 10.4. The molecule has 0 aliphatic carbocycles. The van der Waals surface area contributed by atoms with Crippen LogP contribution >= 0.6 is 22.9 Å². The molecule has 110 valence electrons. The summed E-state index contributed by atoms with van der Waals surface area (Å²) in [7, 11) is 0. The van der Waals surface area contributed by atoms with E-state index in [0.717, 1.165) is 11.3 Å². The number of nitrogens with one attached hydrogen (secondary N) is 1. The first-order chi connectivity index (χ1) is 10.7. The summed E-state index contributed by atoms with van der Waals surface area (Å²) in [6.07, 6.45) is 4.07. The summed E-state index contributed by atoms with van der Waals surface area (Å²) in [6, 6.07) is 13.3. The number of thiazole rings is 1. The molecule has 6 heteroatoms. The van der Waals surface area contributed by atoms with Crippen molar-refractivity contribution in [1.82, 2.24) is 9.97 Å². The van der Waals surface area contributed by atoms with E-state index in [-0.39, 0.29) is 11.6 Å². The minimum Gasteiger partial charge on any atom is -0.296 e. The van der Waals surface area contributed by atoms with Crippen LogP contribution in [0.3, 0.4) is 0 Å². The average molecular weight is 330 g/mol. The van der Waals surface area contributed by atoms with Crippen molar-refractivity contribution in [2.45, 2.75) is 6.42 Å². The van der Waals surface area contributed by atoms with Crippen LogP contribution < -0.4 is 5.32 Å². The van der Waals surface area contributed by atoms with Gasteiger partial charge in [-0.05, 0) is 17.7 Å². The fourth-order valence-corrected chi connectivity index (χ4v) is 2.94. The molecule has 0 saturated heterocycles. The van der Waals surface area contributed by atoms with Gasteiger partial charge in [0.2, 0.25) is 0 Å². The number of hydrogen-bond donors (Lipinski definition) is 1. The van der Waals surface area contributed by atoms with Crippen molar-refractivity contribution in [3.63, 3.8) is 0 Å². The highest BCUT2D eigenvalue weighted by atomic mass is 35.5. The molecule has 0 unspecified atom stereocenters. The van der Waals surface area contributed by atoms with Crippen molar-refractivity contribution < 1.29 is 4.79 Å². The predicted molar refractivity (Wildman–Crippen MR) is 88.6 cm³/mol. The third kappa shape index (κ3) is 3.69. The van der Waals surface area contributed by atoms with Crippen molar-refractivity contribution in [3.05, 3.63) is 76.0 Å². The minimum atomic E-state index is -0.317. The van der Waals surface area contributed by atoms with E-state index in [1.165, 1.54) is 29.2 Å². The van der Waals surface area contributed by atoms with Crippen LogP contribution in [0, 0.1) is 0 Å². The maximum absolute atomic E-state index is 12.1. The van der Waals surface area contributed by atoms with Crippen LogP contribution in [0.1, 0.15) is 20.9 Å². The van der Waals surface area contributed by atoms with Gasteiger partial charge in [0.15, 0.2) is 5.13 Å². The molecule has 3 aromatic rings. The molecule has 0 fully saturated rings. The van der Waals surface area contributed by atoms with Crippen LogP contribution in [-0.4, -0.2) is 15.9 Å². The fourth-order valence-electron chi connectivity index (χ4n) is 1.93. The Morgan fingerprint density at radius 3 is 2.77 bits per heavy atom. The van der Waals surface area contributed by atoms with Crippen molar-refractivity contribution in [1.29, 1.82) is 0 Å². The molecule has 1 aromatic carbocycles. The Labute approximate surface area is 136 Å². The summed E-state index contributed by atoms with van der Waals surface area (Å²) >= 11 is 7.30. The van der Waals surface area contributed by atoms with E-state index in [4.69, 9.17) is 11.6 Å². The molecule has 0 aliphatic heterocycles. The lowest BCUT2D eigenvalue weighted by atomic mass is 10.1. The second-order valence-corrected chi connectivity index (χ2v) is 6.16. The third-order valence-corrected chi connectivity index (χ3v) is 4.10. The number of benzene rings is 1. The highest BCUT2D eigenvalue weighted by molar-refractivity contribution is 7.15. The van der Waals surface area contributed by atoms with Gasteiger partial charge in [0.05, 0.1) is 0 Å². The van der Waals surface area contributed by atoms with Crippen LogP contribution in [0.2, 0.25) is 5.02 Å². The number of carbonyl (C=O) groups is 1. The second kappa shape index (κ2) is 6.68. The number of nitrogens with zero attached hydrogens (tertiary/aromatic N) is 2. The standard InChI is InChI=1S/C16H12ClN3OS/c17-12-6-7-18-14(9-12)15(21)20-16-19-10-13(22-16)8-11-4-2-1-3-5-11/h1-7,9-10H,8H2,(H,19,20,21). The summed E-state index contributed by atoms with van der Waals surface area (Å²) in [5.41, 5.74) is 1.48. The molecule has 0 saturated carbocycles. The molecule has 0 aliphatic rings. The number of aromatic nitrogens is 2. The SMILES string of the molecule is O=C(Nc1ncc(Cc2ccccc2)s1)c1cc(Cl)ccn1. The molecule has 0 bridgehead atoms. The van der Waals surface area contributed by atoms with E-state index < -0.39 is 0 Å². The summed E-state index contributed by atoms with van der Waals surface area (Å²) in [5, 5.41) is 3.77. The highest BCUT2D eigenvalue weighted by Crippen LogP contribution is 2.21. The Morgan fingerprint density at radius 1 is 1.18 bits per heavy atom. The second-order valence-electron chi connectivity index (χ2n) is 4.61. The Balaban J connectivity index is 1.68. The quantitative estimate of drug-likeness (QED) is 0.786. The number of carbonyl (C=O) groups excluding carboxylic acids is 1. The molecule has 4 nitrogen and oxygen atoms in total. The number of amides is 1. The van der Waals surface area contributed by atoms with Gasteiger partial charge in [-0.2, -0.15) is 0 Å². The number of halogens is 1. The van der Waals surface area contributed by atoms with Crippen molar-refractivity contribution in [2.75, 3.05) is 5.32 Å². The molecule has 22 heavy (non-hydrogen) atoms. The lowest BCUT2D eigenvalue weighted by Gasteiger charge is -2.01. The molecule has 0 atom stereocenters. The van der Waals surface area contributed by atoms with Gasteiger partial charge in [-0.15, -0.1) is 11.3 Å². The Morgan fingerprint density at radius 2 is 2.00 bits per heavy atom. The van der Waals surface area contributed by atoms with Gasteiger partial charge in [-0.25, -0.2) is 4.98 Å². The van der Waals surface area contributed by atoms with E-state index >= 15 is 0 Å². The smallest absolute Gasteiger partial charge is 0.276 e. The predicted octanol–water partition coefficient (Wildman–Crippen LogP) is 4.03. The molecule has 0 radical (unpaired) electrons. The Kier molecular flexibility index (Phi) is 4.46. The van der Waals surface area contributed by atoms with Gasteiger partial charge < -0.3 is 0 Å². The summed E-state index contributed by atoms with van der Waals surface area (Å²) in [4.78, 5) is 21.4. The van der Waals surface area contributed by atoms with Gasteiger partial charge in [0.25, 0.3) is 5.91 Å². The monoisotopic (exact) mass is 329 g/mol. The number of pyridine rings is 1. The fraction of sp³-hybridized carbons (Fsp3) is 0.0625. The van der Waals surface area contributed by atoms with Crippen molar-refractivity contribution >= 4 is 34.0 Å². The first-order valence-corrected chi connectivity index (χ1v) is 7.82. The molecule has 3 rings (SSSR count). The average Bonchev–Trinajstić information content (AvgIpc) is 2.95. The van der Waals surface area contributed by atoms with Gasteiger partial charge in [0.1, 0.15) is 5.69 Å². The van der Waals surface area contributed by atoms with Gasteiger partial charge in [-0.3, -0.25) is 15.1 Å². The topological polar surface area (TPSA) is 54.9 Å². The zero-order valence-electron chi connectivity index (χ0n) is 11.5. The van der Waals surface area contributed by atoms with Gasteiger partial charge in [-0.1, -0.05) is 41.9 Å². The molecular weight excluding hydrogens is 318 g/mol. The number of anilines is 1. The van der Waals surface area contributed by atoms with Gasteiger partial charge >= 0.3 is 0 Å². The summed E-state index contributed by atoms with van der Waals surface area (Å²) in [5.74, 6) is -0.317. The largest absolute Gasteiger partial charge is 0.296 e. The lowest BCUT2D eigenvalue weighted by Crippen LogP contribution is -2.13. The first-order valence-electron chi connectivity index (χ1n) is 6.62. The van der Waals surface area contributed by atoms with E-state index in [9.17, 15) is 4.79 Å². The Hall–Kier alpha value is -2.24. The van der Waals surface area contributed by atoms with Crippen LogP contribution in [-0.2, 0) is 6.42 Å². The molecule has 1 amide bonds. The van der Waals surface area contributed by atoms with E-state index in [1.54, 1.807) is 12.3 Å². The van der Waals surface area contributed by atoms with Crippen LogP contribution in [0.4, 0.5) is 5.13 Å². The molecule has 2 heterocycles. The van der Waals surface area contributed by atoms with Crippen molar-refractivity contribution in [3.8, 4) is 0 Å². The van der Waals surface area contributed by atoms with E-state index in [0.29, 0.717) is 10.2 Å². The van der Waals surface area contributed by atoms with E-state index in [2.05, 4.69) is 27.4 Å². The molecular formula is C16H12ClN3OS. The minimum absolute atomic E-state index is 0.271. The first kappa shape index (κ1) is 14.7. The van der Waals surface area contributed by atoms with Crippen LogP contribution in [0.5, 0.6) is 0 Å².